The minimum atomic E-state index is -0.869. The van der Waals surface area contributed by atoms with Gasteiger partial charge in [0.1, 0.15) is 0 Å². The largest absolute Gasteiger partial charge is 0.383 e. The summed E-state index contributed by atoms with van der Waals surface area (Å²) in [5.74, 6) is -0.345. The Morgan fingerprint density at radius 1 is 1.29 bits per heavy atom. The van der Waals surface area contributed by atoms with Gasteiger partial charge in [-0.1, -0.05) is 6.92 Å². The smallest absolute Gasteiger partial charge is 0.239 e. The van der Waals surface area contributed by atoms with Crippen LogP contribution in [-0.2, 0) is 14.3 Å². The van der Waals surface area contributed by atoms with Crippen molar-refractivity contribution in [3.63, 3.8) is 0 Å². The van der Waals surface area contributed by atoms with Gasteiger partial charge in [0.05, 0.1) is 12.1 Å². The molecule has 17 heavy (non-hydrogen) atoms. The third-order valence-electron chi connectivity index (χ3n) is 2.52. The van der Waals surface area contributed by atoms with Crippen LogP contribution >= 0.6 is 0 Å². The van der Waals surface area contributed by atoms with E-state index in [9.17, 15) is 9.59 Å². The van der Waals surface area contributed by atoms with Crippen molar-refractivity contribution in [2.45, 2.75) is 32.2 Å². The summed E-state index contributed by atoms with van der Waals surface area (Å²) in [7, 11) is 1.57. The first kappa shape index (κ1) is 15.9. The second-order valence-electron chi connectivity index (χ2n) is 4.12. The fourth-order valence-corrected chi connectivity index (χ4v) is 1.03. The van der Waals surface area contributed by atoms with Gasteiger partial charge in [-0.2, -0.15) is 0 Å². The average molecular weight is 245 g/mol. The highest BCUT2D eigenvalue weighted by Crippen LogP contribution is 2.03. The molecule has 0 saturated heterocycles. The maximum Gasteiger partial charge on any atom is 0.239 e. The van der Waals surface area contributed by atoms with Crippen LogP contribution in [0.25, 0.3) is 0 Å². The number of nitrogens with two attached hydrogens (primary N) is 1. The summed E-state index contributed by atoms with van der Waals surface area (Å²) in [6.45, 7) is 4.77. The van der Waals surface area contributed by atoms with Crippen LogP contribution < -0.4 is 16.4 Å². The summed E-state index contributed by atoms with van der Waals surface area (Å²) < 4.78 is 4.79. The number of rotatable bonds is 8. The number of hydrogen-bond acceptors (Lipinski definition) is 4. The number of ether oxygens (including phenoxy) is 1. The Morgan fingerprint density at radius 3 is 2.47 bits per heavy atom. The molecule has 0 heterocycles. The summed E-state index contributed by atoms with van der Waals surface area (Å²) in [6, 6.07) is 0. The molecule has 100 valence electrons. The molecule has 0 bridgehead atoms. The highest BCUT2D eigenvalue weighted by atomic mass is 16.5. The molecule has 0 spiro atoms. The quantitative estimate of drug-likeness (QED) is 0.497. The first-order chi connectivity index (χ1) is 7.94. The van der Waals surface area contributed by atoms with E-state index < -0.39 is 5.54 Å². The van der Waals surface area contributed by atoms with E-state index in [1.807, 2.05) is 6.92 Å². The van der Waals surface area contributed by atoms with E-state index in [0.717, 1.165) is 0 Å². The number of methoxy groups -OCH3 is 1. The average Bonchev–Trinajstić information content (AvgIpc) is 2.29. The molecule has 0 saturated carbocycles. The van der Waals surface area contributed by atoms with Crippen molar-refractivity contribution in [3.8, 4) is 0 Å². The Balaban J connectivity index is 3.70. The van der Waals surface area contributed by atoms with Crippen molar-refractivity contribution in [2.75, 3.05) is 26.8 Å². The lowest BCUT2D eigenvalue weighted by Crippen LogP contribution is -2.51. The minimum absolute atomic E-state index is 0.113. The summed E-state index contributed by atoms with van der Waals surface area (Å²) in [5.41, 5.74) is 4.88. The van der Waals surface area contributed by atoms with Crippen LogP contribution in [0.15, 0.2) is 0 Å². The normalized spacial score (nSPS) is 13.9. The second-order valence-corrected chi connectivity index (χ2v) is 4.12. The molecule has 0 fully saturated rings. The van der Waals surface area contributed by atoms with Crippen molar-refractivity contribution in [1.82, 2.24) is 10.6 Å². The van der Waals surface area contributed by atoms with Gasteiger partial charge in [-0.15, -0.1) is 0 Å². The lowest BCUT2D eigenvalue weighted by Gasteiger charge is -2.21. The molecule has 0 radical (unpaired) electrons. The van der Waals surface area contributed by atoms with E-state index in [1.165, 1.54) is 0 Å². The molecule has 0 rings (SSSR count). The standard InChI is InChI=1S/C11H23N3O3/c1-4-11(2,12)10(16)14-6-5-9(15)13-7-8-17-3/h4-8,12H2,1-3H3,(H,13,15)(H,14,16). The minimum Gasteiger partial charge on any atom is -0.383 e. The van der Waals surface area contributed by atoms with Gasteiger partial charge in [0.2, 0.25) is 11.8 Å². The van der Waals surface area contributed by atoms with Gasteiger partial charge in [-0.05, 0) is 13.3 Å². The zero-order valence-corrected chi connectivity index (χ0v) is 10.8. The molecule has 1 atom stereocenters. The van der Waals surface area contributed by atoms with E-state index in [4.69, 9.17) is 10.5 Å². The molecule has 0 aliphatic heterocycles. The van der Waals surface area contributed by atoms with Gasteiger partial charge < -0.3 is 21.1 Å². The van der Waals surface area contributed by atoms with Crippen molar-refractivity contribution < 1.29 is 14.3 Å². The third-order valence-corrected chi connectivity index (χ3v) is 2.52. The Hall–Kier alpha value is -1.14. The van der Waals surface area contributed by atoms with E-state index in [1.54, 1.807) is 14.0 Å². The van der Waals surface area contributed by atoms with E-state index in [-0.39, 0.29) is 18.2 Å². The monoisotopic (exact) mass is 245 g/mol. The molecule has 1 unspecified atom stereocenters. The number of carbonyl (C=O) groups is 2. The molecule has 6 heteroatoms. The molecule has 0 aromatic rings. The highest BCUT2D eigenvalue weighted by Gasteiger charge is 2.25. The number of hydrogen-bond donors (Lipinski definition) is 3. The van der Waals surface area contributed by atoms with Crippen molar-refractivity contribution in [1.29, 1.82) is 0 Å². The van der Waals surface area contributed by atoms with Gasteiger partial charge >= 0.3 is 0 Å². The summed E-state index contributed by atoms with van der Waals surface area (Å²) in [6.07, 6.45) is 0.800. The van der Waals surface area contributed by atoms with Crippen molar-refractivity contribution in [3.05, 3.63) is 0 Å². The highest BCUT2D eigenvalue weighted by molar-refractivity contribution is 5.86. The van der Waals surface area contributed by atoms with Crippen LogP contribution in [0, 0.1) is 0 Å². The van der Waals surface area contributed by atoms with E-state index >= 15 is 0 Å². The number of nitrogens with one attached hydrogen (secondary N) is 2. The van der Waals surface area contributed by atoms with Gasteiger partial charge in [0.15, 0.2) is 0 Å². The molecule has 4 N–H and O–H groups in total. The Kier molecular flexibility index (Phi) is 7.49. The molecule has 0 aliphatic rings. The first-order valence-corrected chi connectivity index (χ1v) is 5.77. The Bertz CT molecular complexity index is 254. The predicted molar refractivity (Wildman–Crippen MR) is 65.4 cm³/mol. The maximum atomic E-state index is 11.5. The van der Waals surface area contributed by atoms with Gasteiger partial charge in [0.25, 0.3) is 0 Å². The van der Waals surface area contributed by atoms with Crippen LogP contribution in [0.1, 0.15) is 26.7 Å². The number of amides is 2. The zero-order valence-electron chi connectivity index (χ0n) is 10.8. The van der Waals surface area contributed by atoms with Crippen molar-refractivity contribution >= 4 is 11.8 Å². The number of carbonyl (C=O) groups excluding carboxylic acids is 2. The molecule has 0 aliphatic carbocycles. The van der Waals surface area contributed by atoms with Crippen LogP contribution in [0.4, 0.5) is 0 Å². The van der Waals surface area contributed by atoms with Gasteiger partial charge in [-0.3, -0.25) is 9.59 Å². The van der Waals surface area contributed by atoms with Crippen LogP contribution in [0.5, 0.6) is 0 Å². The van der Waals surface area contributed by atoms with Crippen LogP contribution in [0.2, 0.25) is 0 Å². The van der Waals surface area contributed by atoms with Gasteiger partial charge in [-0.25, -0.2) is 0 Å². The molecular formula is C11H23N3O3. The summed E-state index contributed by atoms with van der Waals surface area (Å²) in [5, 5.41) is 5.30. The molecular weight excluding hydrogens is 222 g/mol. The molecule has 0 aromatic carbocycles. The van der Waals surface area contributed by atoms with E-state index in [2.05, 4.69) is 10.6 Å². The second kappa shape index (κ2) is 8.03. The predicted octanol–water partition coefficient (Wildman–Crippen LogP) is -0.617. The fraction of sp³-hybridized carbons (Fsp3) is 0.818. The SMILES string of the molecule is CCC(C)(N)C(=O)NCCC(=O)NCCOC. The first-order valence-electron chi connectivity index (χ1n) is 5.77. The van der Waals surface area contributed by atoms with E-state index in [0.29, 0.717) is 26.1 Å². The molecule has 6 nitrogen and oxygen atoms in total. The Labute approximate surface area is 102 Å². The lowest BCUT2D eigenvalue weighted by atomic mass is 10.00. The zero-order chi connectivity index (χ0) is 13.3. The third kappa shape index (κ3) is 6.91. The fourth-order valence-electron chi connectivity index (χ4n) is 1.03. The van der Waals surface area contributed by atoms with Crippen molar-refractivity contribution in [2.24, 2.45) is 5.73 Å². The lowest BCUT2D eigenvalue weighted by molar-refractivity contribution is -0.126. The van der Waals surface area contributed by atoms with Gasteiger partial charge in [0, 0.05) is 26.6 Å². The van der Waals surface area contributed by atoms with Crippen LogP contribution in [-0.4, -0.2) is 44.2 Å². The summed E-state index contributed by atoms with van der Waals surface area (Å²) >= 11 is 0. The maximum absolute atomic E-state index is 11.5. The molecule has 2 amide bonds. The molecule has 0 aromatic heterocycles. The topological polar surface area (TPSA) is 93.5 Å². The Morgan fingerprint density at radius 2 is 1.94 bits per heavy atom. The summed E-state index contributed by atoms with van der Waals surface area (Å²) in [4.78, 5) is 22.8. The van der Waals surface area contributed by atoms with Crippen LogP contribution in [0.3, 0.4) is 0 Å².